The molecule has 0 aliphatic rings. The van der Waals surface area contributed by atoms with Crippen LogP contribution < -0.4 is 5.32 Å². The molecule has 2 aromatic rings. The van der Waals surface area contributed by atoms with Crippen molar-refractivity contribution < 1.29 is 4.74 Å². The second-order valence-corrected chi connectivity index (χ2v) is 6.34. The van der Waals surface area contributed by atoms with Gasteiger partial charge in [0, 0.05) is 18.5 Å². The van der Waals surface area contributed by atoms with Gasteiger partial charge in [-0.3, -0.25) is 0 Å². The van der Waals surface area contributed by atoms with Crippen molar-refractivity contribution in [2.75, 3.05) is 12.4 Å². The fourth-order valence-corrected chi connectivity index (χ4v) is 3.40. The molecular weight excluding hydrogens is 266 g/mol. The van der Waals surface area contributed by atoms with Crippen molar-refractivity contribution in [1.82, 2.24) is 9.97 Å². The van der Waals surface area contributed by atoms with Crippen molar-refractivity contribution >= 4 is 27.8 Å². The number of anilines is 1. The minimum absolute atomic E-state index is 0.394. The van der Waals surface area contributed by atoms with E-state index >= 15 is 0 Å². The average molecular weight is 283 g/mol. The van der Waals surface area contributed by atoms with Crippen molar-refractivity contribution in [3.05, 3.63) is 16.1 Å². The van der Waals surface area contributed by atoms with Gasteiger partial charge < -0.3 is 10.1 Å². The molecule has 0 saturated heterocycles. The van der Waals surface area contributed by atoms with Crippen molar-refractivity contribution in [3.63, 3.8) is 0 Å². The molecule has 0 atom stereocenters. The maximum Gasteiger partial charge on any atom is 0.183 e. The van der Waals surface area contributed by atoms with E-state index in [0.717, 1.165) is 26.4 Å². The maximum atomic E-state index is 5.18. The number of nitrogens with zero attached hydrogens (tertiary/aromatic N) is 2. The summed E-state index contributed by atoms with van der Waals surface area (Å²) in [6, 6.07) is 0.394. The number of ether oxygens (including phenoxy) is 1. The Balaban J connectivity index is 2.27. The average Bonchev–Trinajstić information content (AvgIpc) is 2.85. The van der Waals surface area contributed by atoms with Gasteiger partial charge in [0.2, 0.25) is 0 Å². The lowest BCUT2D eigenvalue weighted by Gasteiger charge is -2.04. The predicted molar refractivity (Wildman–Crippen MR) is 77.4 cm³/mol. The lowest BCUT2D eigenvalue weighted by molar-refractivity contribution is 0.182. The van der Waals surface area contributed by atoms with Gasteiger partial charge >= 0.3 is 0 Å². The first-order chi connectivity index (χ1) is 8.60. The molecule has 0 bridgehead atoms. The fraction of sp³-hybridized carbons (Fsp3) is 0.500. The van der Waals surface area contributed by atoms with E-state index in [1.165, 1.54) is 0 Å². The molecule has 18 heavy (non-hydrogen) atoms. The van der Waals surface area contributed by atoms with E-state index in [1.807, 2.05) is 6.92 Å². The topological polar surface area (TPSA) is 47.0 Å². The first-order valence-corrected chi connectivity index (χ1v) is 7.47. The van der Waals surface area contributed by atoms with Crippen LogP contribution in [0.5, 0.6) is 0 Å². The summed E-state index contributed by atoms with van der Waals surface area (Å²) in [5, 5.41) is 7.38. The summed E-state index contributed by atoms with van der Waals surface area (Å²) < 4.78 is 5.18. The van der Waals surface area contributed by atoms with E-state index < -0.39 is 0 Å². The van der Waals surface area contributed by atoms with E-state index in [9.17, 15) is 0 Å². The number of aromatic nitrogens is 2. The number of thiazole rings is 2. The zero-order valence-electron chi connectivity index (χ0n) is 11.0. The van der Waals surface area contributed by atoms with Gasteiger partial charge in [0.25, 0.3) is 0 Å². The monoisotopic (exact) mass is 283 g/mol. The van der Waals surface area contributed by atoms with E-state index in [4.69, 9.17) is 4.74 Å². The summed E-state index contributed by atoms with van der Waals surface area (Å²) in [7, 11) is 1.69. The summed E-state index contributed by atoms with van der Waals surface area (Å²) in [6.45, 7) is 6.75. The molecule has 2 heterocycles. The molecule has 0 aliphatic heterocycles. The minimum atomic E-state index is 0.394. The van der Waals surface area contributed by atoms with Crippen LogP contribution in [0.25, 0.3) is 10.6 Å². The maximum absolute atomic E-state index is 5.18. The van der Waals surface area contributed by atoms with Crippen molar-refractivity contribution in [2.45, 2.75) is 33.4 Å². The second kappa shape index (κ2) is 5.77. The predicted octanol–water partition coefficient (Wildman–Crippen LogP) is 3.54. The number of aryl methyl sites for hydroxylation is 1. The Morgan fingerprint density at radius 3 is 2.83 bits per heavy atom. The van der Waals surface area contributed by atoms with Crippen LogP contribution in [0.4, 0.5) is 5.13 Å². The first-order valence-electron chi connectivity index (χ1n) is 5.78. The Morgan fingerprint density at radius 2 is 2.17 bits per heavy atom. The summed E-state index contributed by atoms with van der Waals surface area (Å²) in [6.07, 6.45) is 0. The van der Waals surface area contributed by atoms with Gasteiger partial charge in [-0.25, -0.2) is 9.97 Å². The van der Waals surface area contributed by atoms with Gasteiger partial charge in [0.05, 0.1) is 27.9 Å². The van der Waals surface area contributed by atoms with Gasteiger partial charge in [-0.05, 0) is 20.8 Å². The highest BCUT2D eigenvalue weighted by Gasteiger charge is 2.14. The third kappa shape index (κ3) is 3.07. The van der Waals surface area contributed by atoms with Gasteiger partial charge in [0.15, 0.2) is 5.13 Å². The van der Waals surface area contributed by atoms with Crippen LogP contribution in [0.1, 0.15) is 24.5 Å². The lowest BCUT2D eigenvalue weighted by Crippen LogP contribution is -2.08. The van der Waals surface area contributed by atoms with E-state index in [0.29, 0.717) is 12.6 Å². The fourth-order valence-electron chi connectivity index (χ4n) is 1.60. The second-order valence-electron chi connectivity index (χ2n) is 4.28. The standard InChI is InChI=1S/C12H17N3OS2/c1-7(2)13-12-15-10(6-17-12)11-9(5-16-4)14-8(3)18-11/h6-7H,5H2,1-4H3,(H,13,15). The summed E-state index contributed by atoms with van der Waals surface area (Å²) in [5.74, 6) is 0. The van der Waals surface area contributed by atoms with E-state index in [1.54, 1.807) is 29.8 Å². The highest BCUT2D eigenvalue weighted by atomic mass is 32.1. The molecule has 2 rings (SSSR count). The van der Waals surface area contributed by atoms with Crippen LogP contribution in [-0.4, -0.2) is 23.1 Å². The first kappa shape index (κ1) is 13.5. The van der Waals surface area contributed by atoms with Crippen LogP contribution >= 0.6 is 22.7 Å². The van der Waals surface area contributed by atoms with E-state index in [2.05, 4.69) is 34.5 Å². The SMILES string of the molecule is COCc1nc(C)sc1-c1csc(NC(C)C)n1. The summed E-state index contributed by atoms with van der Waals surface area (Å²) in [4.78, 5) is 10.2. The van der Waals surface area contributed by atoms with Crippen LogP contribution in [0.2, 0.25) is 0 Å². The highest BCUT2D eigenvalue weighted by molar-refractivity contribution is 7.16. The molecule has 98 valence electrons. The Kier molecular flexibility index (Phi) is 4.31. The molecule has 0 unspecified atom stereocenters. The van der Waals surface area contributed by atoms with Gasteiger partial charge in [-0.15, -0.1) is 22.7 Å². The van der Waals surface area contributed by atoms with Gasteiger partial charge in [-0.1, -0.05) is 0 Å². The Bertz CT molecular complexity index is 519. The molecule has 2 aromatic heterocycles. The number of hydrogen-bond acceptors (Lipinski definition) is 6. The molecule has 6 heteroatoms. The summed E-state index contributed by atoms with van der Waals surface area (Å²) in [5.41, 5.74) is 1.96. The Labute approximate surface area is 115 Å². The molecule has 0 aromatic carbocycles. The van der Waals surface area contributed by atoms with Crippen molar-refractivity contribution in [1.29, 1.82) is 0 Å². The minimum Gasteiger partial charge on any atom is -0.378 e. The third-order valence-corrected chi connectivity index (χ3v) is 4.04. The molecule has 0 amide bonds. The van der Waals surface area contributed by atoms with Crippen LogP contribution in [0.15, 0.2) is 5.38 Å². The Hall–Kier alpha value is -0.980. The quantitative estimate of drug-likeness (QED) is 0.911. The van der Waals surface area contributed by atoms with Crippen LogP contribution in [0.3, 0.4) is 0 Å². The third-order valence-electron chi connectivity index (χ3n) is 2.23. The molecule has 0 saturated carbocycles. The van der Waals surface area contributed by atoms with E-state index in [-0.39, 0.29) is 0 Å². The molecule has 1 N–H and O–H groups in total. The molecule has 0 radical (unpaired) electrons. The normalized spacial score (nSPS) is 11.2. The highest BCUT2D eigenvalue weighted by Crippen LogP contribution is 2.32. The molecule has 4 nitrogen and oxygen atoms in total. The summed E-state index contributed by atoms with van der Waals surface area (Å²) >= 11 is 3.29. The number of hydrogen-bond donors (Lipinski definition) is 1. The molecule has 0 aliphatic carbocycles. The smallest absolute Gasteiger partial charge is 0.183 e. The zero-order valence-corrected chi connectivity index (χ0v) is 12.6. The number of rotatable bonds is 5. The largest absolute Gasteiger partial charge is 0.378 e. The Morgan fingerprint density at radius 1 is 1.39 bits per heavy atom. The number of nitrogens with one attached hydrogen (secondary N) is 1. The molecular formula is C12H17N3OS2. The molecule has 0 fully saturated rings. The van der Waals surface area contributed by atoms with Crippen molar-refractivity contribution in [3.8, 4) is 10.6 Å². The van der Waals surface area contributed by atoms with Gasteiger partial charge in [-0.2, -0.15) is 0 Å². The zero-order chi connectivity index (χ0) is 13.1. The van der Waals surface area contributed by atoms with Gasteiger partial charge in [0.1, 0.15) is 0 Å². The van der Waals surface area contributed by atoms with Crippen molar-refractivity contribution in [2.24, 2.45) is 0 Å². The number of methoxy groups -OCH3 is 1. The van der Waals surface area contributed by atoms with Crippen LogP contribution in [0, 0.1) is 6.92 Å². The lowest BCUT2D eigenvalue weighted by atomic mass is 10.3. The molecule has 0 spiro atoms. The van der Waals surface area contributed by atoms with Crippen LogP contribution in [-0.2, 0) is 11.3 Å².